The van der Waals surface area contributed by atoms with Crippen LogP contribution in [0, 0.1) is 5.41 Å². The fourth-order valence-corrected chi connectivity index (χ4v) is 12.2. The number of nitrogens with zero attached hydrogens (tertiary/aromatic N) is 6. The van der Waals surface area contributed by atoms with Gasteiger partial charge in [-0.25, -0.2) is 0 Å². The van der Waals surface area contributed by atoms with Crippen LogP contribution < -0.4 is 14.5 Å². The Morgan fingerprint density at radius 2 is 1.55 bits per heavy atom. The van der Waals surface area contributed by atoms with Crippen LogP contribution in [-0.4, -0.2) is 126 Å². The lowest BCUT2D eigenvalue weighted by Gasteiger charge is -2.48. The second kappa shape index (κ2) is 16.3. The van der Waals surface area contributed by atoms with Gasteiger partial charge in [-0.1, -0.05) is 48.5 Å². The molecule has 0 radical (unpaired) electrons. The zero-order valence-corrected chi connectivity index (χ0v) is 36.8. The summed E-state index contributed by atoms with van der Waals surface area (Å²) in [7, 11) is 1.49. The van der Waals surface area contributed by atoms with E-state index in [-0.39, 0.29) is 42.0 Å². The van der Waals surface area contributed by atoms with E-state index in [9.17, 15) is 24.3 Å². The van der Waals surface area contributed by atoms with Gasteiger partial charge in [0, 0.05) is 69.9 Å². The van der Waals surface area contributed by atoms with E-state index in [1.807, 2.05) is 29.2 Å². The summed E-state index contributed by atoms with van der Waals surface area (Å²) >= 11 is 0. The highest BCUT2D eigenvalue weighted by atomic mass is 16.5. The minimum atomic E-state index is -0.643. The Bertz CT molecular complexity index is 2480. The number of likely N-dealkylation sites (tertiary alicyclic amines) is 2. The molecule has 4 saturated heterocycles. The van der Waals surface area contributed by atoms with Gasteiger partial charge in [-0.3, -0.25) is 29.0 Å². The number of anilines is 2. The van der Waals surface area contributed by atoms with Gasteiger partial charge in [-0.05, 0) is 134 Å². The molecular formula is C52H58N6O6. The molecule has 12 nitrogen and oxygen atoms in total. The summed E-state index contributed by atoms with van der Waals surface area (Å²) < 4.78 is 6.25. The zero-order valence-electron chi connectivity index (χ0n) is 36.8. The molecule has 11 rings (SSSR count). The summed E-state index contributed by atoms with van der Waals surface area (Å²) in [4.78, 5) is 64.3. The standard InChI is InChI=1S/C52H58N6O6/c1-53-47(60)16-15-44(51(53)63)58-30-37-28-45-46(29-43(37)50(58)62)64-33-39-31-56(25-26-57(39)45)48(61)32-54-21-17-52(18-22-54)19-23-55(24-20-52)38-10-7-35(8-11-38)49-41(34-5-3-2-4-6-34)13-9-36-27-40(59)12-14-42(36)49/h2-8,10-12,14,27-29,39,41,44,49,59H,9,13,15-26,30-33H2,1H3/t39-,41+,44?,49-/m0/s1. The van der Waals surface area contributed by atoms with Gasteiger partial charge < -0.3 is 29.4 Å². The molecule has 0 aromatic heterocycles. The summed E-state index contributed by atoms with van der Waals surface area (Å²) in [6.45, 7) is 7.11. The first-order valence-electron chi connectivity index (χ1n) is 23.5. The number of likely N-dealkylation sites (N-methyl/N-ethyl adjacent to an activating group) is 1. The summed E-state index contributed by atoms with van der Waals surface area (Å²) in [5.74, 6) is 1.09. The number of imide groups is 1. The highest BCUT2D eigenvalue weighted by molar-refractivity contribution is 6.05. The first kappa shape index (κ1) is 40.9. The Hall–Kier alpha value is -5.88. The van der Waals surface area contributed by atoms with Gasteiger partial charge in [0.15, 0.2) is 0 Å². The number of piperidine rings is 3. The molecular weight excluding hydrogens is 805 g/mol. The third-order valence-electron chi connectivity index (χ3n) is 16.1. The van der Waals surface area contributed by atoms with Crippen LogP contribution in [-0.2, 0) is 27.3 Å². The van der Waals surface area contributed by atoms with Crippen molar-refractivity contribution in [3.8, 4) is 11.5 Å². The van der Waals surface area contributed by atoms with Crippen molar-refractivity contribution in [1.29, 1.82) is 0 Å². The van der Waals surface area contributed by atoms with Gasteiger partial charge in [0.2, 0.25) is 11.8 Å². The van der Waals surface area contributed by atoms with Crippen LogP contribution in [0.2, 0.25) is 0 Å². The molecule has 332 valence electrons. The number of phenols is 1. The minimum Gasteiger partial charge on any atom is -0.508 e. The third kappa shape index (κ3) is 7.27. The van der Waals surface area contributed by atoms with E-state index in [2.05, 4.69) is 75.4 Å². The smallest absolute Gasteiger partial charge is 0.255 e. The van der Waals surface area contributed by atoms with Crippen molar-refractivity contribution < 1.29 is 29.0 Å². The molecule has 4 amide bonds. The van der Waals surface area contributed by atoms with Crippen LogP contribution in [0.4, 0.5) is 11.4 Å². The van der Waals surface area contributed by atoms with Crippen molar-refractivity contribution >= 4 is 35.0 Å². The number of piperazine rings is 1. The molecule has 1 spiro atoms. The average molecular weight is 863 g/mol. The molecule has 6 heterocycles. The SMILES string of the molecule is CN1C(=O)CCC(N2Cc3cc4c(cc3C2=O)OC[C@@H]2CN(C(=O)CN3CCC5(CC3)CCN(c3ccc([C@@H]6c7ccc(O)cc7CC[C@@H]6c6ccccc6)cc3)CC5)CCN42)C1=O. The highest BCUT2D eigenvalue weighted by Crippen LogP contribution is 2.48. The molecule has 0 bridgehead atoms. The average Bonchev–Trinajstić information content (AvgIpc) is 3.64. The van der Waals surface area contributed by atoms with Gasteiger partial charge in [0.1, 0.15) is 24.1 Å². The fourth-order valence-electron chi connectivity index (χ4n) is 12.2. The predicted octanol–water partition coefficient (Wildman–Crippen LogP) is 6.15. The van der Waals surface area contributed by atoms with Crippen molar-refractivity contribution in [3.05, 3.63) is 118 Å². The largest absolute Gasteiger partial charge is 0.508 e. The van der Waals surface area contributed by atoms with E-state index >= 15 is 0 Å². The number of rotatable bonds is 6. The van der Waals surface area contributed by atoms with Gasteiger partial charge in [0.05, 0.1) is 18.3 Å². The third-order valence-corrected chi connectivity index (χ3v) is 16.1. The Morgan fingerprint density at radius 3 is 2.33 bits per heavy atom. The summed E-state index contributed by atoms with van der Waals surface area (Å²) in [5.41, 5.74) is 9.27. The maximum atomic E-state index is 13.8. The highest BCUT2D eigenvalue weighted by Gasteiger charge is 2.44. The fraction of sp³-hybridized carbons (Fsp3) is 0.462. The Kier molecular flexibility index (Phi) is 10.4. The van der Waals surface area contributed by atoms with Gasteiger partial charge in [-0.2, -0.15) is 0 Å². The summed E-state index contributed by atoms with van der Waals surface area (Å²) in [6.07, 6.45) is 7.20. The van der Waals surface area contributed by atoms with Crippen molar-refractivity contribution in [1.82, 2.24) is 19.6 Å². The van der Waals surface area contributed by atoms with Gasteiger partial charge >= 0.3 is 0 Å². The molecule has 4 aromatic carbocycles. The monoisotopic (exact) mass is 862 g/mol. The quantitative estimate of drug-likeness (QED) is 0.228. The molecule has 64 heavy (non-hydrogen) atoms. The van der Waals surface area contributed by atoms with E-state index in [1.54, 1.807) is 4.90 Å². The Morgan fingerprint density at radius 1 is 0.781 bits per heavy atom. The number of carbonyl (C=O) groups is 4. The first-order chi connectivity index (χ1) is 31.1. The number of ether oxygens (including phenoxy) is 1. The lowest BCUT2D eigenvalue weighted by molar-refractivity contribution is -0.150. The van der Waals surface area contributed by atoms with Crippen molar-refractivity contribution in [2.75, 3.05) is 75.8 Å². The van der Waals surface area contributed by atoms with Crippen molar-refractivity contribution in [2.45, 2.75) is 81.8 Å². The predicted molar refractivity (Wildman–Crippen MR) is 244 cm³/mol. The van der Waals surface area contributed by atoms with Gasteiger partial charge in [-0.15, -0.1) is 0 Å². The number of phenolic OH excluding ortho intramolecular Hbond substituents is 1. The summed E-state index contributed by atoms with van der Waals surface area (Å²) in [5, 5.41) is 10.3. The minimum absolute atomic E-state index is 0.0210. The summed E-state index contributed by atoms with van der Waals surface area (Å²) in [6, 6.07) is 29.4. The molecule has 1 N–H and O–H groups in total. The molecule has 4 fully saturated rings. The number of hydrogen-bond acceptors (Lipinski definition) is 9. The van der Waals surface area contributed by atoms with Crippen LogP contribution in [0.15, 0.2) is 84.9 Å². The molecule has 0 saturated carbocycles. The molecule has 4 atom stereocenters. The van der Waals surface area contributed by atoms with E-state index in [0.717, 1.165) is 68.0 Å². The second-order valence-electron chi connectivity index (χ2n) is 19.5. The maximum Gasteiger partial charge on any atom is 0.255 e. The molecule has 6 aliphatic heterocycles. The number of amides is 4. The number of aromatic hydroxyl groups is 1. The van der Waals surface area contributed by atoms with Crippen LogP contribution >= 0.6 is 0 Å². The lowest BCUT2D eigenvalue weighted by atomic mass is 9.69. The second-order valence-corrected chi connectivity index (χ2v) is 19.5. The molecule has 1 unspecified atom stereocenters. The first-order valence-corrected chi connectivity index (χ1v) is 23.5. The van der Waals surface area contributed by atoms with E-state index in [1.165, 1.54) is 47.8 Å². The molecule has 12 heteroatoms. The van der Waals surface area contributed by atoms with Crippen LogP contribution in [0.5, 0.6) is 11.5 Å². The maximum absolute atomic E-state index is 13.8. The van der Waals surface area contributed by atoms with Crippen LogP contribution in [0.25, 0.3) is 0 Å². The Labute approximate surface area is 375 Å². The van der Waals surface area contributed by atoms with Crippen molar-refractivity contribution in [3.63, 3.8) is 0 Å². The van der Waals surface area contributed by atoms with Crippen molar-refractivity contribution in [2.24, 2.45) is 5.41 Å². The number of carbonyl (C=O) groups excluding carboxylic acids is 4. The van der Waals surface area contributed by atoms with E-state index in [0.29, 0.717) is 74.1 Å². The van der Waals surface area contributed by atoms with E-state index < -0.39 is 6.04 Å². The molecule has 1 aliphatic carbocycles. The normalized spacial score (nSPS) is 25.5. The Balaban J connectivity index is 0.672. The number of fused-ring (bicyclic) bond motifs is 5. The van der Waals surface area contributed by atoms with Crippen LogP contribution in [0.1, 0.15) is 95.0 Å². The number of aryl methyl sites for hydroxylation is 1. The van der Waals surface area contributed by atoms with Gasteiger partial charge in [0.25, 0.3) is 11.8 Å². The zero-order chi connectivity index (χ0) is 43.7. The lowest BCUT2D eigenvalue weighted by Crippen LogP contribution is -2.59. The number of benzene rings is 4. The molecule has 7 aliphatic rings. The molecule has 4 aromatic rings. The van der Waals surface area contributed by atoms with E-state index in [4.69, 9.17) is 4.74 Å². The number of hydrogen-bond donors (Lipinski definition) is 1. The van der Waals surface area contributed by atoms with Crippen LogP contribution in [0.3, 0.4) is 0 Å². The topological polar surface area (TPSA) is 117 Å².